The van der Waals surface area contributed by atoms with Crippen molar-refractivity contribution in [3.8, 4) is 0 Å². The minimum Gasteiger partial charge on any atom is -0.299 e. The second-order valence-electron chi connectivity index (χ2n) is 4.50. The molecule has 78 valence electrons. The predicted molar refractivity (Wildman–Crippen MR) is 51.5 cm³/mol. The normalized spacial score (nSPS) is 47.6. The fourth-order valence-corrected chi connectivity index (χ4v) is 2.20. The average molecular weight is 196 g/mol. The maximum absolute atomic E-state index is 11.6. The van der Waals surface area contributed by atoms with E-state index in [1.807, 2.05) is 13.8 Å². The van der Waals surface area contributed by atoms with E-state index >= 15 is 0 Å². The Kier molecular flexibility index (Phi) is 2.24. The van der Waals surface area contributed by atoms with E-state index in [0.717, 1.165) is 6.42 Å². The Hall–Kier alpha value is -0.670. The van der Waals surface area contributed by atoms with Gasteiger partial charge in [0.1, 0.15) is 17.5 Å². The molecule has 0 radical (unpaired) electrons. The second kappa shape index (κ2) is 3.17. The van der Waals surface area contributed by atoms with E-state index < -0.39 is 5.60 Å². The summed E-state index contributed by atoms with van der Waals surface area (Å²) in [6, 6.07) is 0. The molecule has 2 rings (SSSR count). The molecule has 0 aromatic carbocycles. The molecular weight excluding hydrogens is 180 g/mol. The highest BCUT2D eigenvalue weighted by Crippen LogP contribution is 2.42. The first-order valence-corrected chi connectivity index (χ1v) is 5.07. The zero-order chi connectivity index (χ0) is 10.3. The summed E-state index contributed by atoms with van der Waals surface area (Å²) in [5, 5.41) is 0. The molecule has 1 saturated carbocycles. The molecule has 4 atom stereocenters. The van der Waals surface area contributed by atoms with E-state index in [4.69, 9.17) is 9.78 Å². The number of carbonyl (C=O) groups excluding carboxylic acids is 1. The Labute approximate surface area is 84.0 Å². The van der Waals surface area contributed by atoms with Crippen molar-refractivity contribution in [3.05, 3.63) is 12.7 Å². The number of ketones is 1. The predicted octanol–water partition coefficient (Wildman–Crippen LogP) is 1.88. The zero-order valence-corrected chi connectivity index (χ0v) is 8.66. The van der Waals surface area contributed by atoms with Gasteiger partial charge in [-0.1, -0.05) is 13.0 Å². The third-order valence-electron chi connectivity index (χ3n) is 3.60. The molecule has 3 heteroatoms. The molecular formula is C11H16O3. The van der Waals surface area contributed by atoms with Gasteiger partial charge in [0.2, 0.25) is 0 Å². The number of hydrogen-bond acceptors (Lipinski definition) is 3. The fourth-order valence-electron chi connectivity index (χ4n) is 2.20. The van der Waals surface area contributed by atoms with E-state index in [0.29, 0.717) is 6.42 Å². The summed E-state index contributed by atoms with van der Waals surface area (Å²) in [6.45, 7) is 7.56. The topological polar surface area (TPSA) is 35.5 Å². The van der Waals surface area contributed by atoms with Crippen LogP contribution in [0.25, 0.3) is 0 Å². The van der Waals surface area contributed by atoms with Crippen molar-refractivity contribution in [2.45, 2.75) is 38.4 Å². The van der Waals surface area contributed by atoms with Crippen molar-refractivity contribution in [1.29, 1.82) is 0 Å². The molecule has 0 amide bonds. The molecule has 2 bridgehead atoms. The molecule has 14 heavy (non-hydrogen) atoms. The van der Waals surface area contributed by atoms with E-state index in [1.54, 1.807) is 6.08 Å². The molecule has 3 nitrogen and oxygen atoms in total. The van der Waals surface area contributed by atoms with Crippen LogP contribution in [0.2, 0.25) is 0 Å². The maximum Gasteiger partial charge on any atom is 0.138 e. The first-order chi connectivity index (χ1) is 6.57. The van der Waals surface area contributed by atoms with Crippen molar-refractivity contribution < 1.29 is 14.6 Å². The molecule has 1 saturated heterocycles. The number of fused-ring (bicyclic) bond motifs is 2. The molecule has 0 spiro atoms. The van der Waals surface area contributed by atoms with Crippen LogP contribution < -0.4 is 0 Å². The van der Waals surface area contributed by atoms with Crippen molar-refractivity contribution in [2.24, 2.45) is 11.8 Å². The van der Waals surface area contributed by atoms with Gasteiger partial charge in [-0.15, -0.1) is 6.58 Å². The Balaban J connectivity index is 2.22. The van der Waals surface area contributed by atoms with Crippen molar-refractivity contribution in [1.82, 2.24) is 0 Å². The third kappa shape index (κ3) is 1.31. The highest BCUT2D eigenvalue weighted by molar-refractivity contribution is 5.82. The summed E-state index contributed by atoms with van der Waals surface area (Å²) in [5.74, 6) is 0.477. The molecule has 0 N–H and O–H groups in total. The van der Waals surface area contributed by atoms with Gasteiger partial charge in [-0.2, -0.15) is 0 Å². The van der Waals surface area contributed by atoms with Gasteiger partial charge in [0.25, 0.3) is 0 Å². The van der Waals surface area contributed by atoms with Crippen LogP contribution in [0.1, 0.15) is 26.7 Å². The summed E-state index contributed by atoms with van der Waals surface area (Å²) >= 11 is 0. The number of carbonyl (C=O) groups is 1. The Bertz CT molecular complexity index is 274. The van der Waals surface area contributed by atoms with E-state index in [9.17, 15) is 4.79 Å². The maximum atomic E-state index is 11.6. The minimum absolute atomic E-state index is 0.0272. The summed E-state index contributed by atoms with van der Waals surface area (Å²) in [7, 11) is 0. The Morgan fingerprint density at radius 2 is 2.36 bits per heavy atom. The second-order valence-corrected chi connectivity index (χ2v) is 4.50. The molecule has 1 aliphatic carbocycles. The highest BCUT2D eigenvalue weighted by Gasteiger charge is 2.48. The largest absolute Gasteiger partial charge is 0.299 e. The first kappa shape index (κ1) is 9.87. The van der Waals surface area contributed by atoms with E-state index in [-0.39, 0.29) is 23.7 Å². The average Bonchev–Trinajstić information content (AvgIpc) is 2.19. The number of rotatable bonds is 1. The SMILES string of the molecule is C=CC1(C)OOC2CC1CC(=O)C2C. The standard InChI is InChI=1S/C11H16O3/c1-4-11(3)8-5-9(12)7(2)10(6-8)13-14-11/h4,7-8,10H,1,5-6H2,2-3H3. The van der Waals surface area contributed by atoms with Crippen LogP contribution in [0, 0.1) is 11.8 Å². The monoisotopic (exact) mass is 196 g/mol. The van der Waals surface area contributed by atoms with Crippen LogP contribution in [0.3, 0.4) is 0 Å². The van der Waals surface area contributed by atoms with Crippen molar-refractivity contribution >= 4 is 5.78 Å². The molecule has 0 aromatic heterocycles. The summed E-state index contributed by atoms with van der Waals surface area (Å²) in [5.41, 5.74) is -0.494. The van der Waals surface area contributed by atoms with E-state index in [2.05, 4.69) is 6.58 Å². The summed E-state index contributed by atoms with van der Waals surface area (Å²) in [4.78, 5) is 22.2. The van der Waals surface area contributed by atoms with Crippen molar-refractivity contribution in [3.63, 3.8) is 0 Å². The van der Waals surface area contributed by atoms with Gasteiger partial charge in [0.15, 0.2) is 0 Å². The van der Waals surface area contributed by atoms with Crippen molar-refractivity contribution in [2.75, 3.05) is 0 Å². The lowest BCUT2D eigenvalue weighted by Gasteiger charge is -2.45. The quantitative estimate of drug-likeness (QED) is 0.474. The minimum atomic E-state index is -0.494. The lowest BCUT2D eigenvalue weighted by Crippen LogP contribution is -2.51. The van der Waals surface area contributed by atoms with Gasteiger partial charge in [-0.05, 0) is 13.3 Å². The smallest absolute Gasteiger partial charge is 0.138 e. The molecule has 0 aromatic rings. The fraction of sp³-hybridized carbons (Fsp3) is 0.727. The molecule has 2 aliphatic rings. The third-order valence-corrected chi connectivity index (χ3v) is 3.60. The van der Waals surface area contributed by atoms with E-state index in [1.165, 1.54) is 0 Å². The Morgan fingerprint density at radius 1 is 1.64 bits per heavy atom. The Morgan fingerprint density at radius 3 is 3.00 bits per heavy atom. The number of Topliss-reactive ketones (excluding diaryl/α,β-unsaturated/α-hetero) is 1. The molecule has 1 heterocycles. The molecule has 1 aliphatic heterocycles. The van der Waals surface area contributed by atoms with Crippen LogP contribution >= 0.6 is 0 Å². The van der Waals surface area contributed by atoms with Crippen LogP contribution in [0.5, 0.6) is 0 Å². The van der Waals surface area contributed by atoms with Crippen LogP contribution in [-0.2, 0) is 14.6 Å². The molecule has 4 unspecified atom stereocenters. The summed E-state index contributed by atoms with van der Waals surface area (Å²) < 4.78 is 0. The molecule has 2 fully saturated rings. The van der Waals surface area contributed by atoms with Gasteiger partial charge < -0.3 is 0 Å². The lowest BCUT2D eigenvalue weighted by molar-refractivity contribution is -0.415. The first-order valence-electron chi connectivity index (χ1n) is 5.07. The van der Waals surface area contributed by atoms with Gasteiger partial charge in [0, 0.05) is 18.3 Å². The van der Waals surface area contributed by atoms with Gasteiger partial charge >= 0.3 is 0 Å². The van der Waals surface area contributed by atoms with Crippen LogP contribution in [0.4, 0.5) is 0 Å². The summed E-state index contributed by atoms with van der Waals surface area (Å²) in [6.07, 6.45) is 3.16. The lowest BCUT2D eigenvalue weighted by atomic mass is 9.72. The van der Waals surface area contributed by atoms with Gasteiger partial charge in [-0.25, -0.2) is 9.78 Å². The van der Waals surface area contributed by atoms with Crippen LogP contribution in [0.15, 0.2) is 12.7 Å². The number of hydrogen-bond donors (Lipinski definition) is 0. The van der Waals surface area contributed by atoms with Gasteiger partial charge in [-0.3, -0.25) is 4.79 Å². The van der Waals surface area contributed by atoms with Gasteiger partial charge in [0.05, 0.1) is 0 Å². The highest BCUT2D eigenvalue weighted by atomic mass is 17.2. The van der Waals surface area contributed by atoms with Crippen LogP contribution in [-0.4, -0.2) is 17.5 Å². The zero-order valence-electron chi connectivity index (χ0n) is 8.66.